The van der Waals surface area contributed by atoms with E-state index in [0.29, 0.717) is 36.8 Å². The maximum absolute atomic E-state index is 14.0. The van der Waals surface area contributed by atoms with Crippen molar-refractivity contribution in [1.82, 2.24) is 15.0 Å². The van der Waals surface area contributed by atoms with Crippen LogP contribution in [0, 0.1) is 18.7 Å². The summed E-state index contributed by atoms with van der Waals surface area (Å²) < 4.78 is 25.3. The molecule has 1 fully saturated rings. The van der Waals surface area contributed by atoms with Crippen molar-refractivity contribution >= 4 is 11.7 Å². The van der Waals surface area contributed by atoms with Gasteiger partial charge in [0.1, 0.15) is 17.5 Å². The highest BCUT2D eigenvalue weighted by Gasteiger charge is 2.60. The number of anilines is 1. The molecular formula is C24H25FN4O3. The average Bonchev–Trinajstić information content (AvgIpc) is 3.54. The van der Waals surface area contributed by atoms with E-state index in [1.165, 1.54) is 12.1 Å². The fourth-order valence-electron chi connectivity index (χ4n) is 3.87. The van der Waals surface area contributed by atoms with Gasteiger partial charge in [-0.2, -0.15) is 0 Å². The number of amides is 1. The minimum absolute atomic E-state index is 0.170. The second-order valence-electron chi connectivity index (χ2n) is 7.89. The van der Waals surface area contributed by atoms with Crippen LogP contribution in [0.25, 0.3) is 0 Å². The van der Waals surface area contributed by atoms with Crippen LogP contribution in [0.2, 0.25) is 0 Å². The summed E-state index contributed by atoms with van der Waals surface area (Å²) in [6.07, 6.45) is 4.36. The van der Waals surface area contributed by atoms with E-state index < -0.39 is 5.41 Å². The number of methoxy groups -OCH3 is 1. The predicted molar refractivity (Wildman–Crippen MR) is 117 cm³/mol. The molecule has 2 atom stereocenters. The zero-order chi connectivity index (χ0) is 22.6. The number of ether oxygens (including phenoxy) is 2. The molecule has 3 aromatic rings. The van der Waals surface area contributed by atoms with E-state index in [0.717, 1.165) is 11.3 Å². The summed E-state index contributed by atoms with van der Waals surface area (Å²) in [6.45, 7) is 2.51. The van der Waals surface area contributed by atoms with Gasteiger partial charge in [-0.15, -0.1) is 0 Å². The Bertz CT molecular complexity index is 1100. The minimum Gasteiger partial charge on any atom is -0.489 e. The largest absolute Gasteiger partial charge is 0.489 e. The van der Waals surface area contributed by atoms with Crippen molar-refractivity contribution < 1.29 is 18.7 Å². The molecule has 1 amide bonds. The standard InChI is InChI=1S/C24H25FN4O3/c1-16-27-14-21(20(28-16)9-11-31-2)32-15-24(17-6-5-7-18(25)12-17)13-19(24)23(30)29-22-8-3-4-10-26-22/h3-8,10,12,14,19H,9,11,13,15H2,1-2H3,(H,26,29,30)/t19-,24+/m0/s1. The van der Waals surface area contributed by atoms with Gasteiger partial charge in [0.25, 0.3) is 0 Å². The molecule has 166 valence electrons. The molecule has 0 radical (unpaired) electrons. The van der Waals surface area contributed by atoms with Crippen molar-refractivity contribution in [2.75, 3.05) is 25.6 Å². The van der Waals surface area contributed by atoms with Crippen LogP contribution in [0.5, 0.6) is 5.75 Å². The summed E-state index contributed by atoms with van der Waals surface area (Å²) in [5.41, 5.74) is 0.818. The number of pyridine rings is 1. The molecular weight excluding hydrogens is 411 g/mol. The maximum Gasteiger partial charge on any atom is 0.229 e. The van der Waals surface area contributed by atoms with Crippen LogP contribution in [0.4, 0.5) is 10.2 Å². The van der Waals surface area contributed by atoms with Gasteiger partial charge < -0.3 is 14.8 Å². The molecule has 0 saturated heterocycles. The molecule has 0 unspecified atom stereocenters. The van der Waals surface area contributed by atoms with Gasteiger partial charge >= 0.3 is 0 Å². The first-order chi connectivity index (χ1) is 15.5. The molecule has 4 rings (SSSR count). The Morgan fingerprint density at radius 1 is 1.25 bits per heavy atom. The second-order valence-corrected chi connectivity index (χ2v) is 7.89. The van der Waals surface area contributed by atoms with Crippen LogP contribution >= 0.6 is 0 Å². The van der Waals surface area contributed by atoms with E-state index in [4.69, 9.17) is 9.47 Å². The number of halogens is 1. The van der Waals surface area contributed by atoms with E-state index in [-0.39, 0.29) is 24.2 Å². The Labute approximate surface area is 186 Å². The average molecular weight is 436 g/mol. The van der Waals surface area contributed by atoms with Crippen LogP contribution < -0.4 is 10.1 Å². The van der Waals surface area contributed by atoms with E-state index in [1.54, 1.807) is 43.8 Å². The van der Waals surface area contributed by atoms with Gasteiger partial charge in [0.15, 0.2) is 5.75 Å². The van der Waals surface area contributed by atoms with Crippen LogP contribution in [0.3, 0.4) is 0 Å². The molecule has 1 aromatic carbocycles. The van der Waals surface area contributed by atoms with Crippen molar-refractivity contribution in [1.29, 1.82) is 0 Å². The maximum atomic E-state index is 14.0. The number of benzene rings is 1. The minimum atomic E-state index is -0.648. The normalized spacial score (nSPS) is 19.4. The van der Waals surface area contributed by atoms with Crippen molar-refractivity contribution in [2.45, 2.75) is 25.2 Å². The van der Waals surface area contributed by atoms with E-state index in [1.807, 2.05) is 13.0 Å². The number of carbonyl (C=O) groups is 1. The molecule has 0 aliphatic heterocycles. The van der Waals surface area contributed by atoms with Gasteiger partial charge in [-0.1, -0.05) is 18.2 Å². The lowest BCUT2D eigenvalue weighted by molar-refractivity contribution is -0.117. The number of rotatable bonds is 9. The molecule has 2 heterocycles. The Morgan fingerprint density at radius 2 is 2.12 bits per heavy atom. The summed E-state index contributed by atoms with van der Waals surface area (Å²) >= 11 is 0. The molecule has 0 bridgehead atoms. The topological polar surface area (TPSA) is 86.2 Å². The fraction of sp³-hybridized carbons (Fsp3) is 0.333. The van der Waals surface area contributed by atoms with Gasteiger partial charge in [-0.3, -0.25) is 4.79 Å². The van der Waals surface area contributed by atoms with Gasteiger partial charge in [-0.25, -0.2) is 19.3 Å². The highest BCUT2D eigenvalue weighted by molar-refractivity contribution is 5.95. The van der Waals surface area contributed by atoms with Crippen LogP contribution in [-0.4, -0.2) is 41.2 Å². The third kappa shape index (κ3) is 4.75. The highest BCUT2D eigenvalue weighted by Crippen LogP contribution is 2.55. The van der Waals surface area contributed by atoms with Crippen molar-refractivity contribution in [3.63, 3.8) is 0 Å². The number of hydrogen-bond donors (Lipinski definition) is 1. The molecule has 32 heavy (non-hydrogen) atoms. The summed E-state index contributed by atoms with van der Waals surface area (Å²) in [7, 11) is 1.63. The van der Waals surface area contributed by atoms with Gasteiger partial charge in [0.2, 0.25) is 5.91 Å². The lowest BCUT2D eigenvalue weighted by atomic mass is 9.93. The summed E-state index contributed by atoms with van der Waals surface area (Å²) in [4.78, 5) is 25.8. The van der Waals surface area contributed by atoms with Gasteiger partial charge in [0, 0.05) is 25.1 Å². The summed E-state index contributed by atoms with van der Waals surface area (Å²) in [6, 6.07) is 11.6. The third-order valence-corrected chi connectivity index (χ3v) is 5.69. The van der Waals surface area contributed by atoms with E-state index in [2.05, 4.69) is 20.3 Å². The number of hydrogen-bond acceptors (Lipinski definition) is 6. The molecule has 7 nitrogen and oxygen atoms in total. The number of aryl methyl sites for hydroxylation is 1. The Balaban J connectivity index is 1.56. The molecule has 1 aliphatic carbocycles. The zero-order valence-electron chi connectivity index (χ0n) is 18.0. The van der Waals surface area contributed by atoms with Gasteiger partial charge in [-0.05, 0) is 43.2 Å². The van der Waals surface area contributed by atoms with Crippen LogP contribution in [0.1, 0.15) is 23.5 Å². The third-order valence-electron chi connectivity index (χ3n) is 5.69. The first-order valence-corrected chi connectivity index (χ1v) is 10.4. The lowest BCUT2D eigenvalue weighted by Gasteiger charge is -2.20. The number of nitrogens with zero attached hydrogens (tertiary/aromatic N) is 3. The molecule has 0 spiro atoms. The smallest absolute Gasteiger partial charge is 0.229 e. The van der Waals surface area contributed by atoms with Crippen molar-refractivity contribution in [3.05, 3.63) is 77.8 Å². The molecule has 1 saturated carbocycles. The van der Waals surface area contributed by atoms with Gasteiger partial charge in [0.05, 0.1) is 31.0 Å². The molecule has 8 heteroatoms. The molecule has 1 N–H and O–H groups in total. The van der Waals surface area contributed by atoms with E-state index in [9.17, 15) is 9.18 Å². The zero-order valence-corrected chi connectivity index (χ0v) is 18.0. The van der Waals surface area contributed by atoms with Crippen molar-refractivity contribution in [2.24, 2.45) is 5.92 Å². The Kier molecular flexibility index (Phi) is 6.41. The summed E-state index contributed by atoms with van der Waals surface area (Å²) in [5, 5.41) is 2.85. The van der Waals surface area contributed by atoms with Crippen LogP contribution in [0.15, 0.2) is 54.9 Å². The molecule has 1 aliphatic rings. The predicted octanol–water partition coefficient (Wildman–Crippen LogP) is 3.48. The Hall–Kier alpha value is -3.39. The van der Waals surface area contributed by atoms with Crippen LogP contribution in [-0.2, 0) is 21.4 Å². The first-order valence-electron chi connectivity index (χ1n) is 10.4. The first kappa shape index (κ1) is 21.8. The number of nitrogens with one attached hydrogen (secondary N) is 1. The monoisotopic (exact) mass is 436 g/mol. The van der Waals surface area contributed by atoms with Crippen molar-refractivity contribution in [3.8, 4) is 5.75 Å². The SMILES string of the molecule is COCCc1nc(C)ncc1OC[C@@]1(c2cccc(F)c2)C[C@H]1C(=O)Nc1ccccn1. The highest BCUT2D eigenvalue weighted by atomic mass is 19.1. The lowest BCUT2D eigenvalue weighted by Crippen LogP contribution is -2.27. The quantitative estimate of drug-likeness (QED) is 0.553. The molecule has 2 aromatic heterocycles. The fourth-order valence-corrected chi connectivity index (χ4v) is 3.87. The van der Waals surface area contributed by atoms with E-state index >= 15 is 0 Å². The number of carbonyl (C=O) groups excluding carboxylic acids is 1. The second kappa shape index (κ2) is 9.40. The number of aromatic nitrogens is 3. The Morgan fingerprint density at radius 3 is 2.88 bits per heavy atom. The summed E-state index contributed by atoms with van der Waals surface area (Å²) in [5.74, 6) is 0.766.